The van der Waals surface area contributed by atoms with Gasteiger partial charge in [0, 0.05) is 44.5 Å². The molecule has 0 bridgehead atoms. The first kappa shape index (κ1) is 74.1. The molecule has 11 rings (SSSR count). The van der Waals surface area contributed by atoms with Crippen molar-refractivity contribution in [3.63, 3.8) is 0 Å². The summed E-state index contributed by atoms with van der Waals surface area (Å²) in [5.41, 5.74) is -4.64. The van der Waals surface area contributed by atoms with E-state index in [0.717, 1.165) is 60.7 Å². The predicted octanol–water partition coefficient (Wildman–Crippen LogP) is 9.03. The van der Waals surface area contributed by atoms with Crippen molar-refractivity contribution in [2.24, 2.45) is 20.5 Å². The summed E-state index contributed by atoms with van der Waals surface area (Å²) >= 11 is 12.6. The Kier molecular flexibility index (Phi) is 19.1. The molecule has 0 spiro atoms. The molecule has 0 aliphatic rings. The molecule has 2 aromatic heterocycles. The van der Waals surface area contributed by atoms with Gasteiger partial charge in [-0.25, -0.2) is 0 Å². The van der Waals surface area contributed by atoms with Crippen LogP contribution in [0, 0.1) is 0 Å². The second kappa shape index (κ2) is 26.6. The van der Waals surface area contributed by atoms with E-state index < -0.39 is 231 Å². The van der Waals surface area contributed by atoms with Gasteiger partial charge in [-0.05, 0) is 112 Å². The number of aromatic hydroxyl groups is 2. The molecule has 0 aliphatic carbocycles. The molecule has 0 saturated heterocycles. The van der Waals surface area contributed by atoms with E-state index in [2.05, 4.69) is 71.6 Å². The quantitative estimate of drug-likeness (QED) is 0.0235. The van der Waals surface area contributed by atoms with Crippen LogP contribution in [-0.4, -0.2) is 144 Å². The lowest BCUT2D eigenvalue weighted by molar-refractivity contribution is 0.471. The Morgan fingerprint density at radius 1 is 0.359 bits per heavy atom. The number of fused-ring (bicyclic) bond motifs is 4. The third-order valence-electron chi connectivity index (χ3n) is 14.2. The maximum absolute atomic E-state index is 12.9. The molecule has 11 aromatic rings. The number of hydrogen-bond acceptors (Lipinski definition) is 32. The molecule has 0 fully saturated rings. The monoisotopic (exact) mass is 1610 g/mol. The first-order valence-electron chi connectivity index (χ1n) is 27.1. The number of halogens is 2. The van der Waals surface area contributed by atoms with E-state index in [1.807, 2.05) is 0 Å². The lowest BCUT2D eigenvalue weighted by Gasteiger charge is -2.15. The van der Waals surface area contributed by atoms with Crippen LogP contribution in [0.3, 0.4) is 0 Å². The third kappa shape index (κ3) is 15.8. The van der Waals surface area contributed by atoms with Gasteiger partial charge in [-0.1, -0.05) is 48.5 Å². The molecular formula is C53H36Cl2N14O26S8. The molecule has 103 heavy (non-hydrogen) atoms. The second-order valence-corrected chi connectivity index (χ2v) is 32.7. The molecule has 14 N–H and O–H groups in total. The van der Waals surface area contributed by atoms with Gasteiger partial charge in [0.1, 0.15) is 52.1 Å². The zero-order valence-corrected chi connectivity index (χ0v) is 57.8. The average molecular weight is 1610 g/mol. The summed E-state index contributed by atoms with van der Waals surface area (Å²) in [7, 11) is -42.4. The normalized spacial score (nSPS) is 13.0. The largest absolute Gasteiger partial charge is 0.505 e. The maximum Gasteiger partial charge on any atom is 0.297 e. The fourth-order valence-electron chi connectivity index (χ4n) is 10.2. The Morgan fingerprint density at radius 2 is 0.738 bits per heavy atom. The number of rotatable bonds is 21. The zero-order valence-electron chi connectivity index (χ0n) is 49.8. The number of hydrogen-bond donors (Lipinski definition) is 14. The fraction of sp³-hybridized carbons (Fsp3) is 0.0189. The highest BCUT2D eigenvalue weighted by Gasteiger charge is 2.31. The van der Waals surface area contributed by atoms with Gasteiger partial charge in [-0.3, -0.25) is 36.4 Å². The van der Waals surface area contributed by atoms with Crippen molar-refractivity contribution in [3.8, 4) is 11.5 Å². The number of benzene rings is 9. The van der Waals surface area contributed by atoms with Gasteiger partial charge >= 0.3 is 0 Å². The van der Waals surface area contributed by atoms with E-state index >= 15 is 0 Å². The van der Waals surface area contributed by atoms with Crippen LogP contribution in [0.15, 0.2) is 181 Å². The first-order valence-corrected chi connectivity index (χ1v) is 39.4. The van der Waals surface area contributed by atoms with Gasteiger partial charge in [0.05, 0.1) is 21.2 Å². The van der Waals surface area contributed by atoms with E-state index in [-0.39, 0.29) is 24.1 Å². The van der Waals surface area contributed by atoms with Crippen LogP contribution in [0.5, 0.6) is 11.5 Å². The van der Waals surface area contributed by atoms with Crippen molar-refractivity contribution in [2.75, 3.05) is 21.3 Å². The van der Waals surface area contributed by atoms with E-state index in [0.29, 0.717) is 42.0 Å². The second-order valence-electron chi connectivity index (χ2n) is 20.9. The molecule has 0 atom stereocenters. The molecule has 0 saturated carbocycles. The highest BCUT2D eigenvalue weighted by Crippen LogP contribution is 2.49. The summed E-state index contributed by atoms with van der Waals surface area (Å²) in [5, 5.41) is 43.7. The molecular weight excluding hydrogens is 1580 g/mol. The molecule has 9 aromatic carbocycles. The molecule has 0 amide bonds. The van der Waals surface area contributed by atoms with Crippen molar-refractivity contribution in [1.29, 1.82) is 0 Å². The number of nitrogens with zero attached hydrogens (tertiary/aromatic N) is 10. The van der Waals surface area contributed by atoms with Crippen LogP contribution in [0.2, 0.25) is 10.6 Å². The summed E-state index contributed by atoms with van der Waals surface area (Å²) in [4.78, 5) is 15.9. The van der Waals surface area contributed by atoms with Crippen molar-refractivity contribution in [3.05, 3.63) is 137 Å². The van der Waals surface area contributed by atoms with E-state index in [9.17, 15) is 114 Å². The maximum atomic E-state index is 12.9. The number of azo groups is 2. The Hall–Kier alpha value is -10.1. The molecule has 536 valence electrons. The smallest absolute Gasteiger partial charge is 0.297 e. The summed E-state index contributed by atoms with van der Waals surface area (Å²) in [6.07, 6.45) is 0. The van der Waals surface area contributed by atoms with Crippen molar-refractivity contribution >= 4 is 211 Å². The van der Waals surface area contributed by atoms with Crippen LogP contribution in [0.4, 0.5) is 63.6 Å². The topological polar surface area (TPSA) is 650 Å². The van der Waals surface area contributed by atoms with Crippen LogP contribution in [-0.2, 0) is 87.5 Å². The average Bonchev–Trinajstić information content (AvgIpc) is 0.760. The van der Waals surface area contributed by atoms with Gasteiger partial charge in [0.15, 0.2) is 11.5 Å². The van der Waals surface area contributed by atoms with Crippen molar-refractivity contribution in [2.45, 2.75) is 45.7 Å². The van der Waals surface area contributed by atoms with Crippen LogP contribution < -0.4 is 21.3 Å². The number of phenolic OH excluding ortho intramolecular Hbond substituents is 2. The van der Waals surface area contributed by atoms with Gasteiger partial charge in [0.2, 0.25) is 34.4 Å². The Morgan fingerprint density at radius 3 is 1.13 bits per heavy atom. The minimum atomic E-state index is -5.55. The number of nitrogens with one attached hydrogen (secondary N) is 4. The predicted molar refractivity (Wildman–Crippen MR) is 359 cm³/mol. The summed E-state index contributed by atoms with van der Waals surface area (Å²) in [6.45, 7) is -0.198. The van der Waals surface area contributed by atoms with Gasteiger partial charge in [-0.15, -0.1) is 20.5 Å². The highest BCUT2D eigenvalue weighted by molar-refractivity contribution is 7.88. The zero-order chi connectivity index (χ0) is 75.2. The SMILES string of the molecule is O=S(=O)(O)c1cc(Nc2nc(Cl)nc(NCc3cccc(Nc4nc(Cl)nc(Nc5cc(S(=O)(=O)O)cc6cc(S(=O)(=O)O)c(/N=N/c7ccc8c(S(=O)(=O)O)cccc8c7S(=O)(=O)O)c(O)c56)n4)c3)n2)c2c(O)c(/N=N/c3ccc4c(S(=O)(=O)O)cccc4c3S(=O)(=O)O)c(S(=O)(=O)O)cc2c1. The molecule has 2 heterocycles. The third-order valence-corrected chi connectivity index (χ3v) is 21.7. The number of aromatic nitrogens is 6. The van der Waals surface area contributed by atoms with E-state index in [1.54, 1.807) is 6.07 Å². The van der Waals surface area contributed by atoms with E-state index in [1.165, 1.54) is 18.2 Å². The lowest BCUT2D eigenvalue weighted by atomic mass is 10.1. The molecule has 0 aliphatic heterocycles. The van der Waals surface area contributed by atoms with Crippen LogP contribution in [0.25, 0.3) is 43.1 Å². The number of phenols is 2. The minimum Gasteiger partial charge on any atom is -0.505 e. The van der Waals surface area contributed by atoms with Crippen LogP contribution in [0.1, 0.15) is 5.56 Å². The molecule has 40 nitrogen and oxygen atoms in total. The summed E-state index contributed by atoms with van der Waals surface area (Å²) in [6, 6.07) is 18.9. The first-order chi connectivity index (χ1) is 47.7. The fourth-order valence-corrected chi connectivity index (χ4v) is 16.0. The van der Waals surface area contributed by atoms with Crippen molar-refractivity contribution in [1.82, 2.24) is 29.9 Å². The molecule has 0 radical (unpaired) electrons. The number of anilines is 7. The van der Waals surface area contributed by atoms with Gasteiger partial charge in [-0.2, -0.15) is 97.2 Å². The molecule has 50 heteroatoms. The van der Waals surface area contributed by atoms with E-state index in [4.69, 9.17) is 23.2 Å². The Balaban J connectivity index is 0.894. The summed E-state index contributed by atoms with van der Waals surface area (Å²) in [5.74, 6) is -4.39. The molecule has 0 unspecified atom stereocenters. The minimum absolute atomic E-state index is 0.182. The highest BCUT2D eigenvalue weighted by atomic mass is 35.5. The standard InChI is InChI=1S/C53H36Cl2N14O26S8/c54-48-60-50(64-52(62-48)58-34-19-26(96(72,73)74)15-23-17-38(100(84,85)86)42(44(70)40(23)34)68-66-32-12-10-28-30(46(32)102(90,91)92)6-2-8-36(28)98(78,79)80)56-21-22-4-1-5-25(14-22)57-51-61-49(55)63-53(65-51)59-35-20-27(97(75,76)77)16-24-18-39(101(87,88)89)43(45(71)41(24)35)69-67-33-13-11-29-31(47(33)103(93,94)95)7-3-9-37(29)99(81,82)83/h1-20,70-71H,21H2,(H,72,73,74)(H,75,76,77)(H,78,79,80)(H,81,82,83)(H,84,85,86)(H,87,88,89)(H,90,91,92)(H,93,94,95)(H2,56,58,60,62,64)(H2,57,59,61,63,65)/b68-66+,69-67+. The summed E-state index contributed by atoms with van der Waals surface area (Å²) < 4.78 is 283. The lowest BCUT2D eigenvalue weighted by Crippen LogP contribution is -2.09. The van der Waals surface area contributed by atoms with Gasteiger partial charge < -0.3 is 31.5 Å². The Labute approximate surface area is 587 Å². The van der Waals surface area contributed by atoms with Gasteiger partial charge in [0.25, 0.3) is 80.9 Å². The van der Waals surface area contributed by atoms with Crippen LogP contribution >= 0.6 is 23.2 Å². The Bertz CT molecular complexity index is 6610. The van der Waals surface area contributed by atoms with Crippen molar-refractivity contribution < 1.29 is 114 Å².